The summed E-state index contributed by atoms with van der Waals surface area (Å²) < 4.78 is 0.838. The fraction of sp³-hybridized carbons (Fsp3) is 0.222. The van der Waals surface area contributed by atoms with E-state index in [4.69, 9.17) is 0 Å². The number of hydrogen-bond donors (Lipinski definition) is 2. The lowest BCUT2D eigenvalue weighted by Gasteiger charge is -2.00. The lowest BCUT2D eigenvalue weighted by Crippen LogP contribution is -2.11. The van der Waals surface area contributed by atoms with Gasteiger partial charge in [0.1, 0.15) is 10.7 Å². The van der Waals surface area contributed by atoms with Crippen LogP contribution in [0.15, 0.2) is 39.5 Å². The molecule has 1 aliphatic rings. The lowest BCUT2D eigenvalue weighted by molar-refractivity contribution is 0.916. The van der Waals surface area contributed by atoms with Gasteiger partial charge in [-0.2, -0.15) is 0 Å². The van der Waals surface area contributed by atoms with Crippen LogP contribution in [0.1, 0.15) is 22.7 Å². The number of benzene rings is 1. The van der Waals surface area contributed by atoms with Crippen LogP contribution in [0.4, 0.5) is 10.8 Å². The van der Waals surface area contributed by atoms with E-state index in [9.17, 15) is 4.79 Å². The van der Waals surface area contributed by atoms with Gasteiger partial charge in [-0.25, -0.2) is 4.98 Å². The Morgan fingerprint density at radius 3 is 2.93 bits per heavy atom. The number of rotatable bonds is 5. The number of fused-ring (bicyclic) bond motifs is 3. The molecule has 3 heterocycles. The third-order valence-corrected chi connectivity index (χ3v) is 7.56. The number of H-pyrrole nitrogens is 1. The summed E-state index contributed by atoms with van der Waals surface area (Å²) in [6.45, 7) is 0. The zero-order valence-corrected chi connectivity index (χ0v) is 16.6. The summed E-state index contributed by atoms with van der Waals surface area (Å²) >= 11 is 4.68. The molecule has 0 unspecified atom stereocenters. The first kappa shape index (κ1) is 16.9. The lowest BCUT2D eigenvalue weighted by atomic mass is 10.2. The Bertz CT molecular complexity index is 1160. The minimum Gasteiger partial charge on any atom is -0.330 e. The highest BCUT2D eigenvalue weighted by molar-refractivity contribution is 8.00. The second-order valence-corrected chi connectivity index (χ2v) is 9.49. The van der Waals surface area contributed by atoms with E-state index in [1.165, 1.54) is 33.5 Å². The minimum atomic E-state index is -0.0151. The molecule has 6 nitrogen and oxygen atoms in total. The fourth-order valence-electron chi connectivity index (χ4n) is 3.21. The van der Waals surface area contributed by atoms with E-state index in [2.05, 4.69) is 25.5 Å². The Morgan fingerprint density at radius 2 is 2.04 bits per heavy atom. The molecule has 1 aliphatic carbocycles. The summed E-state index contributed by atoms with van der Waals surface area (Å²) in [4.78, 5) is 22.3. The molecule has 0 saturated carbocycles. The van der Waals surface area contributed by atoms with E-state index in [-0.39, 0.29) is 5.56 Å². The zero-order chi connectivity index (χ0) is 18.2. The second-order valence-electron chi connectivity index (χ2n) is 6.20. The minimum absolute atomic E-state index is 0.0151. The van der Waals surface area contributed by atoms with Crippen molar-refractivity contribution in [3.63, 3.8) is 0 Å². The van der Waals surface area contributed by atoms with Gasteiger partial charge >= 0.3 is 0 Å². The summed E-state index contributed by atoms with van der Waals surface area (Å²) in [6.07, 6.45) is 3.21. The largest absolute Gasteiger partial charge is 0.330 e. The van der Waals surface area contributed by atoms with Gasteiger partial charge in [0.25, 0.3) is 5.56 Å². The third kappa shape index (κ3) is 3.38. The van der Waals surface area contributed by atoms with Crippen LogP contribution < -0.4 is 10.9 Å². The first-order chi connectivity index (χ1) is 13.3. The van der Waals surface area contributed by atoms with Crippen molar-refractivity contribution < 1.29 is 0 Å². The standard InChI is InChI=1S/C18H15N5OS3/c24-15-14-11-7-4-8-12(11)26-16(14)21-13(20-15)9-25-18-23-22-17(27-18)19-10-5-2-1-3-6-10/h1-3,5-6H,4,7-9H2,(H,19,22)(H,20,21,24). The number of aromatic nitrogens is 4. The second kappa shape index (κ2) is 7.06. The van der Waals surface area contributed by atoms with E-state index in [0.717, 1.165) is 44.6 Å². The Labute approximate surface area is 167 Å². The van der Waals surface area contributed by atoms with Gasteiger partial charge < -0.3 is 10.3 Å². The van der Waals surface area contributed by atoms with E-state index in [1.807, 2.05) is 30.3 Å². The van der Waals surface area contributed by atoms with Gasteiger partial charge in [0, 0.05) is 10.6 Å². The van der Waals surface area contributed by atoms with Gasteiger partial charge in [0.2, 0.25) is 5.13 Å². The molecular formula is C18H15N5OS3. The molecule has 2 N–H and O–H groups in total. The van der Waals surface area contributed by atoms with Crippen molar-refractivity contribution >= 4 is 55.5 Å². The molecular weight excluding hydrogens is 398 g/mol. The van der Waals surface area contributed by atoms with Crippen LogP contribution in [0.2, 0.25) is 0 Å². The maximum atomic E-state index is 12.5. The molecule has 0 atom stereocenters. The van der Waals surface area contributed by atoms with Crippen LogP contribution in [0.3, 0.4) is 0 Å². The van der Waals surface area contributed by atoms with E-state index >= 15 is 0 Å². The maximum Gasteiger partial charge on any atom is 0.259 e. The van der Waals surface area contributed by atoms with Crippen LogP contribution in [0.25, 0.3) is 10.2 Å². The number of nitrogens with one attached hydrogen (secondary N) is 2. The molecule has 4 aromatic rings. The number of anilines is 2. The zero-order valence-electron chi connectivity index (χ0n) is 14.2. The predicted octanol–water partition coefficient (Wildman–Crippen LogP) is 4.36. The van der Waals surface area contributed by atoms with Gasteiger partial charge in [-0.3, -0.25) is 4.79 Å². The summed E-state index contributed by atoms with van der Waals surface area (Å²) in [7, 11) is 0. The molecule has 0 spiro atoms. The maximum absolute atomic E-state index is 12.5. The summed E-state index contributed by atoms with van der Waals surface area (Å²) in [5.41, 5.74) is 2.18. The average Bonchev–Trinajstić information content (AvgIpc) is 3.36. The highest BCUT2D eigenvalue weighted by atomic mass is 32.2. The SMILES string of the molecule is O=c1[nH]c(CSc2nnc(Nc3ccccc3)s2)nc2sc3c(c12)CCC3. The number of nitrogens with zero attached hydrogens (tertiary/aromatic N) is 3. The molecule has 136 valence electrons. The first-order valence-corrected chi connectivity index (χ1v) is 11.2. The van der Waals surface area contributed by atoms with Crippen molar-refractivity contribution in [3.8, 4) is 0 Å². The van der Waals surface area contributed by atoms with Gasteiger partial charge in [0.15, 0.2) is 4.34 Å². The third-order valence-electron chi connectivity index (χ3n) is 4.39. The fourth-order valence-corrected chi connectivity index (χ4v) is 6.13. The molecule has 0 bridgehead atoms. The number of para-hydroxylation sites is 1. The Hall–Kier alpha value is -2.23. The topological polar surface area (TPSA) is 83.6 Å². The molecule has 9 heteroatoms. The summed E-state index contributed by atoms with van der Waals surface area (Å²) in [5, 5.41) is 13.2. The van der Waals surface area contributed by atoms with Gasteiger partial charge in [-0.1, -0.05) is 41.3 Å². The van der Waals surface area contributed by atoms with Crippen LogP contribution in [0, 0.1) is 0 Å². The molecule has 0 radical (unpaired) electrons. The predicted molar refractivity (Wildman–Crippen MR) is 111 cm³/mol. The molecule has 5 rings (SSSR count). The van der Waals surface area contributed by atoms with E-state index in [0.29, 0.717) is 11.6 Å². The molecule has 27 heavy (non-hydrogen) atoms. The quantitative estimate of drug-likeness (QED) is 0.473. The van der Waals surface area contributed by atoms with Crippen LogP contribution in [0.5, 0.6) is 0 Å². The normalized spacial score (nSPS) is 13.2. The Morgan fingerprint density at radius 1 is 1.15 bits per heavy atom. The van der Waals surface area contributed by atoms with Crippen LogP contribution in [-0.4, -0.2) is 20.2 Å². The number of aryl methyl sites for hydroxylation is 2. The Kier molecular flexibility index (Phi) is 4.42. The van der Waals surface area contributed by atoms with Gasteiger partial charge in [0.05, 0.1) is 11.1 Å². The molecule has 0 aliphatic heterocycles. The van der Waals surface area contributed by atoms with Crippen molar-refractivity contribution in [1.82, 2.24) is 20.2 Å². The molecule has 3 aromatic heterocycles. The van der Waals surface area contributed by atoms with Gasteiger partial charge in [-0.05, 0) is 37.0 Å². The van der Waals surface area contributed by atoms with E-state index < -0.39 is 0 Å². The number of aromatic amines is 1. The van der Waals surface area contributed by atoms with Crippen LogP contribution in [-0.2, 0) is 18.6 Å². The van der Waals surface area contributed by atoms with Crippen molar-refractivity contribution in [2.24, 2.45) is 0 Å². The van der Waals surface area contributed by atoms with Crippen molar-refractivity contribution in [2.75, 3.05) is 5.32 Å². The number of hydrogen-bond acceptors (Lipinski definition) is 8. The van der Waals surface area contributed by atoms with Gasteiger partial charge in [-0.15, -0.1) is 21.5 Å². The number of thioether (sulfide) groups is 1. The average molecular weight is 414 g/mol. The number of thiophene rings is 1. The monoisotopic (exact) mass is 413 g/mol. The van der Waals surface area contributed by atoms with Crippen molar-refractivity contribution in [1.29, 1.82) is 0 Å². The molecule has 0 fully saturated rings. The van der Waals surface area contributed by atoms with E-state index in [1.54, 1.807) is 11.3 Å². The highest BCUT2D eigenvalue weighted by Crippen LogP contribution is 2.35. The smallest absolute Gasteiger partial charge is 0.259 e. The highest BCUT2D eigenvalue weighted by Gasteiger charge is 2.21. The Balaban J connectivity index is 1.31. The van der Waals surface area contributed by atoms with Crippen molar-refractivity contribution in [2.45, 2.75) is 29.4 Å². The summed E-state index contributed by atoms with van der Waals surface area (Å²) in [5.74, 6) is 1.25. The van der Waals surface area contributed by atoms with Crippen molar-refractivity contribution in [3.05, 3.63) is 57.0 Å². The molecule has 0 saturated heterocycles. The summed E-state index contributed by atoms with van der Waals surface area (Å²) in [6, 6.07) is 9.88. The first-order valence-electron chi connectivity index (χ1n) is 8.58. The van der Waals surface area contributed by atoms with Crippen LogP contribution >= 0.6 is 34.4 Å². The molecule has 0 amide bonds. The molecule has 1 aromatic carbocycles.